The summed E-state index contributed by atoms with van der Waals surface area (Å²) in [6, 6.07) is 5.87. The molecular formula is C14H18BrN3O. The SMILES string of the molecule is COc1ccc(Br)cc1CC(N)c1cnn(C)c1C. The maximum absolute atomic E-state index is 6.29. The van der Waals surface area contributed by atoms with Gasteiger partial charge in [-0.25, -0.2) is 0 Å². The number of nitrogens with zero attached hydrogens (tertiary/aromatic N) is 2. The summed E-state index contributed by atoms with van der Waals surface area (Å²) in [5.41, 5.74) is 9.55. The summed E-state index contributed by atoms with van der Waals surface area (Å²) in [6.07, 6.45) is 2.56. The van der Waals surface area contributed by atoms with E-state index < -0.39 is 0 Å². The maximum atomic E-state index is 6.29. The lowest BCUT2D eigenvalue weighted by atomic mass is 10.00. The first-order valence-electron chi connectivity index (χ1n) is 6.09. The Morgan fingerprint density at radius 1 is 1.47 bits per heavy atom. The molecule has 5 heteroatoms. The minimum atomic E-state index is -0.0862. The summed E-state index contributed by atoms with van der Waals surface area (Å²) in [4.78, 5) is 0. The van der Waals surface area contributed by atoms with Gasteiger partial charge in [-0.3, -0.25) is 4.68 Å². The molecule has 0 spiro atoms. The van der Waals surface area contributed by atoms with E-state index >= 15 is 0 Å². The molecule has 0 saturated carbocycles. The van der Waals surface area contributed by atoms with Crippen LogP contribution in [0.15, 0.2) is 28.9 Å². The largest absolute Gasteiger partial charge is 0.496 e. The molecule has 1 heterocycles. The molecule has 1 unspecified atom stereocenters. The Hall–Kier alpha value is -1.33. The van der Waals surface area contributed by atoms with Crippen LogP contribution in [0.1, 0.15) is 22.9 Å². The van der Waals surface area contributed by atoms with Gasteiger partial charge in [-0.2, -0.15) is 5.10 Å². The fourth-order valence-corrected chi connectivity index (χ4v) is 2.54. The molecule has 2 aromatic rings. The molecule has 0 aliphatic heterocycles. The number of benzene rings is 1. The first kappa shape index (κ1) is 14.1. The Bertz CT molecular complexity index is 580. The van der Waals surface area contributed by atoms with Gasteiger partial charge in [0.1, 0.15) is 5.75 Å². The number of methoxy groups -OCH3 is 1. The van der Waals surface area contributed by atoms with E-state index in [1.807, 2.05) is 43.0 Å². The third kappa shape index (κ3) is 2.98. The molecule has 1 aromatic carbocycles. The van der Waals surface area contributed by atoms with Crippen molar-refractivity contribution in [3.8, 4) is 5.75 Å². The van der Waals surface area contributed by atoms with Gasteiger partial charge < -0.3 is 10.5 Å². The molecule has 0 aliphatic carbocycles. The number of hydrogen-bond donors (Lipinski definition) is 1. The molecule has 0 aliphatic rings. The maximum Gasteiger partial charge on any atom is 0.122 e. The third-order valence-corrected chi connectivity index (χ3v) is 3.85. The van der Waals surface area contributed by atoms with Crippen molar-refractivity contribution in [3.05, 3.63) is 45.7 Å². The van der Waals surface area contributed by atoms with E-state index in [0.717, 1.165) is 33.5 Å². The van der Waals surface area contributed by atoms with Gasteiger partial charge >= 0.3 is 0 Å². The van der Waals surface area contributed by atoms with Crippen molar-refractivity contribution >= 4 is 15.9 Å². The molecular weight excluding hydrogens is 306 g/mol. The van der Waals surface area contributed by atoms with E-state index in [9.17, 15) is 0 Å². The fraction of sp³-hybridized carbons (Fsp3) is 0.357. The molecule has 1 atom stereocenters. The van der Waals surface area contributed by atoms with E-state index in [0.29, 0.717) is 0 Å². The highest BCUT2D eigenvalue weighted by atomic mass is 79.9. The van der Waals surface area contributed by atoms with Crippen molar-refractivity contribution in [1.82, 2.24) is 9.78 Å². The van der Waals surface area contributed by atoms with Crippen molar-refractivity contribution in [2.45, 2.75) is 19.4 Å². The molecule has 19 heavy (non-hydrogen) atoms. The molecule has 0 amide bonds. The summed E-state index contributed by atoms with van der Waals surface area (Å²) in [5.74, 6) is 0.861. The monoisotopic (exact) mass is 323 g/mol. The zero-order chi connectivity index (χ0) is 14.0. The molecule has 0 bridgehead atoms. The molecule has 1 aromatic heterocycles. The van der Waals surface area contributed by atoms with Gasteiger partial charge in [0.05, 0.1) is 13.3 Å². The van der Waals surface area contributed by atoms with E-state index in [1.54, 1.807) is 7.11 Å². The second-order valence-corrected chi connectivity index (χ2v) is 5.49. The van der Waals surface area contributed by atoms with E-state index in [2.05, 4.69) is 21.0 Å². The number of rotatable bonds is 4. The Labute approximate surface area is 121 Å². The lowest BCUT2D eigenvalue weighted by Gasteiger charge is -2.14. The number of halogens is 1. The molecule has 2 rings (SSSR count). The highest BCUT2D eigenvalue weighted by Crippen LogP contribution is 2.27. The van der Waals surface area contributed by atoms with Crippen LogP contribution in [0.25, 0.3) is 0 Å². The van der Waals surface area contributed by atoms with E-state index in [1.165, 1.54) is 0 Å². The third-order valence-electron chi connectivity index (χ3n) is 3.35. The number of hydrogen-bond acceptors (Lipinski definition) is 3. The number of nitrogens with two attached hydrogens (primary N) is 1. The Balaban J connectivity index is 2.26. The summed E-state index contributed by atoms with van der Waals surface area (Å²) in [7, 11) is 3.60. The van der Waals surface area contributed by atoms with Gasteiger partial charge in [0.2, 0.25) is 0 Å². The van der Waals surface area contributed by atoms with Crippen LogP contribution in [-0.4, -0.2) is 16.9 Å². The van der Waals surface area contributed by atoms with Crippen molar-refractivity contribution < 1.29 is 4.74 Å². The fourth-order valence-electron chi connectivity index (χ4n) is 2.13. The zero-order valence-corrected chi connectivity index (χ0v) is 12.9. The molecule has 0 fully saturated rings. The van der Waals surface area contributed by atoms with Crippen LogP contribution in [0, 0.1) is 6.92 Å². The quantitative estimate of drug-likeness (QED) is 0.941. The summed E-state index contributed by atoms with van der Waals surface area (Å²) in [5, 5.41) is 4.24. The van der Waals surface area contributed by atoms with Crippen LogP contribution < -0.4 is 10.5 Å². The molecule has 102 valence electrons. The number of aryl methyl sites for hydroxylation is 1. The topological polar surface area (TPSA) is 53.1 Å². The van der Waals surface area contributed by atoms with E-state index in [-0.39, 0.29) is 6.04 Å². The predicted molar refractivity (Wildman–Crippen MR) is 79.3 cm³/mol. The van der Waals surface area contributed by atoms with Crippen molar-refractivity contribution in [2.24, 2.45) is 12.8 Å². The van der Waals surface area contributed by atoms with Crippen molar-refractivity contribution in [1.29, 1.82) is 0 Å². The second kappa shape index (κ2) is 5.75. The van der Waals surface area contributed by atoms with Gasteiger partial charge in [0, 0.05) is 28.8 Å². The minimum absolute atomic E-state index is 0.0862. The van der Waals surface area contributed by atoms with Gasteiger partial charge in [-0.15, -0.1) is 0 Å². The lowest BCUT2D eigenvalue weighted by molar-refractivity contribution is 0.408. The first-order valence-corrected chi connectivity index (χ1v) is 6.88. The number of ether oxygens (including phenoxy) is 1. The highest BCUT2D eigenvalue weighted by molar-refractivity contribution is 9.10. The van der Waals surface area contributed by atoms with Gasteiger partial charge in [0.25, 0.3) is 0 Å². The van der Waals surface area contributed by atoms with Crippen LogP contribution >= 0.6 is 15.9 Å². The van der Waals surface area contributed by atoms with Crippen LogP contribution in [0.4, 0.5) is 0 Å². The number of aromatic nitrogens is 2. The average molecular weight is 324 g/mol. The zero-order valence-electron chi connectivity index (χ0n) is 11.4. The van der Waals surface area contributed by atoms with Gasteiger partial charge in [0.15, 0.2) is 0 Å². The van der Waals surface area contributed by atoms with Crippen LogP contribution in [0.5, 0.6) is 5.75 Å². The summed E-state index contributed by atoms with van der Waals surface area (Å²) < 4.78 is 8.24. The lowest BCUT2D eigenvalue weighted by Crippen LogP contribution is -2.14. The Morgan fingerprint density at radius 2 is 2.21 bits per heavy atom. The minimum Gasteiger partial charge on any atom is -0.496 e. The standard InChI is InChI=1S/C14H18BrN3O/c1-9-12(8-17-18(9)2)13(16)7-10-6-11(15)4-5-14(10)19-3/h4-6,8,13H,7,16H2,1-3H3. The smallest absolute Gasteiger partial charge is 0.122 e. The van der Waals surface area contributed by atoms with Crippen LogP contribution in [0.3, 0.4) is 0 Å². The predicted octanol–water partition coefficient (Wildman–Crippen LogP) is 2.74. The van der Waals surface area contributed by atoms with E-state index in [4.69, 9.17) is 10.5 Å². The van der Waals surface area contributed by atoms with Crippen LogP contribution in [0.2, 0.25) is 0 Å². The second-order valence-electron chi connectivity index (χ2n) is 4.58. The van der Waals surface area contributed by atoms with Crippen molar-refractivity contribution in [3.63, 3.8) is 0 Å². The van der Waals surface area contributed by atoms with Crippen molar-refractivity contribution in [2.75, 3.05) is 7.11 Å². The Morgan fingerprint density at radius 3 is 2.79 bits per heavy atom. The molecule has 2 N–H and O–H groups in total. The highest BCUT2D eigenvalue weighted by Gasteiger charge is 2.15. The van der Waals surface area contributed by atoms with Crippen LogP contribution in [-0.2, 0) is 13.5 Å². The Kier molecular flexibility index (Phi) is 4.27. The molecule has 0 radical (unpaired) electrons. The van der Waals surface area contributed by atoms with Gasteiger partial charge in [-0.1, -0.05) is 15.9 Å². The summed E-state index contributed by atoms with van der Waals surface area (Å²) >= 11 is 3.48. The molecule has 4 nitrogen and oxygen atoms in total. The average Bonchev–Trinajstić information content (AvgIpc) is 2.70. The first-order chi connectivity index (χ1) is 9.02. The van der Waals surface area contributed by atoms with Gasteiger partial charge in [-0.05, 0) is 37.1 Å². The molecule has 0 saturated heterocycles. The normalized spacial score (nSPS) is 12.5. The summed E-state index contributed by atoms with van der Waals surface area (Å²) in [6.45, 7) is 2.03.